The standard InChI is InChI=1S/C37H51N5O3/c1-29(2)21-25-42(32-17-19-33(20-18-32)45-27-30-14-8-7-9-15-30)28-37(3,4)40-35(43)34(26-31-16-10-11-22-38-31)39-36(44)41-23-12-5-6-13-24-41/h7-11,14-20,22,29,34H,5-6,12-13,21,23-28H2,1-4H3,(H,39,44)(H,40,43). The summed E-state index contributed by atoms with van der Waals surface area (Å²) in [5.41, 5.74) is 2.39. The molecule has 4 rings (SSSR count). The molecule has 0 radical (unpaired) electrons. The number of rotatable bonds is 14. The maximum Gasteiger partial charge on any atom is 0.318 e. The smallest absolute Gasteiger partial charge is 0.318 e. The largest absolute Gasteiger partial charge is 0.489 e. The van der Waals surface area contributed by atoms with E-state index in [1.165, 1.54) is 0 Å². The van der Waals surface area contributed by atoms with Crippen molar-refractivity contribution < 1.29 is 14.3 Å². The summed E-state index contributed by atoms with van der Waals surface area (Å²) < 4.78 is 6.02. The van der Waals surface area contributed by atoms with Gasteiger partial charge in [0.05, 0.1) is 5.54 Å². The van der Waals surface area contributed by atoms with Crippen LogP contribution in [-0.2, 0) is 17.8 Å². The molecule has 1 unspecified atom stereocenters. The van der Waals surface area contributed by atoms with Crippen LogP contribution in [0.2, 0.25) is 0 Å². The molecule has 242 valence electrons. The predicted molar refractivity (Wildman–Crippen MR) is 181 cm³/mol. The first-order valence-electron chi connectivity index (χ1n) is 16.5. The number of benzene rings is 2. The van der Waals surface area contributed by atoms with Crippen molar-refractivity contribution in [3.05, 3.63) is 90.3 Å². The number of carbonyl (C=O) groups is 2. The molecular formula is C37H51N5O3. The van der Waals surface area contributed by atoms with Crippen molar-refractivity contribution in [2.45, 2.75) is 84.4 Å². The van der Waals surface area contributed by atoms with E-state index in [4.69, 9.17) is 4.74 Å². The number of nitrogens with zero attached hydrogens (tertiary/aromatic N) is 3. The molecule has 1 aromatic heterocycles. The normalized spacial score (nSPS) is 14.4. The van der Waals surface area contributed by atoms with Gasteiger partial charge in [-0.3, -0.25) is 9.78 Å². The van der Waals surface area contributed by atoms with Crippen molar-refractivity contribution in [1.82, 2.24) is 20.5 Å². The van der Waals surface area contributed by atoms with Crippen LogP contribution < -0.4 is 20.3 Å². The van der Waals surface area contributed by atoms with Gasteiger partial charge in [-0.25, -0.2) is 4.79 Å². The number of anilines is 1. The first kappa shape index (κ1) is 33.8. The summed E-state index contributed by atoms with van der Waals surface area (Å²) in [7, 11) is 0. The zero-order valence-corrected chi connectivity index (χ0v) is 27.5. The van der Waals surface area contributed by atoms with Gasteiger partial charge in [-0.1, -0.05) is 63.1 Å². The van der Waals surface area contributed by atoms with Crippen molar-refractivity contribution in [3.63, 3.8) is 0 Å². The van der Waals surface area contributed by atoms with E-state index in [1.54, 1.807) is 6.20 Å². The zero-order valence-electron chi connectivity index (χ0n) is 27.5. The number of amides is 3. The van der Waals surface area contributed by atoms with Gasteiger partial charge in [-0.2, -0.15) is 0 Å². The zero-order chi connectivity index (χ0) is 32.1. The first-order valence-corrected chi connectivity index (χ1v) is 16.5. The Kier molecular flexibility index (Phi) is 12.7. The highest BCUT2D eigenvalue weighted by molar-refractivity contribution is 5.87. The van der Waals surface area contributed by atoms with Gasteiger partial charge >= 0.3 is 6.03 Å². The number of hydrogen-bond donors (Lipinski definition) is 2. The second-order valence-corrected chi connectivity index (χ2v) is 13.2. The lowest BCUT2D eigenvalue weighted by Crippen LogP contribution is -2.59. The van der Waals surface area contributed by atoms with Crippen LogP contribution in [-0.4, -0.2) is 59.6 Å². The van der Waals surface area contributed by atoms with Crippen LogP contribution in [0.4, 0.5) is 10.5 Å². The average Bonchev–Trinajstić information content (AvgIpc) is 3.33. The van der Waals surface area contributed by atoms with E-state index >= 15 is 0 Å². The molecule has 3 aromatic rings. The van der Waals surface area contributed by atoms with Gasteiger partial charge in [0, 0.05) is 50.2 Å². The third-order valence-corrected chi connectivity index (χ3v) is 8.12. The molecule has 1 aliphatic heterocycles. The highest BCUT2D eigenvalue weighted by atomic mass is 16.5. The molecule has 0 aliphatic carbocycles. The van der Waals surface area contributed by atoms with E-state index in [0.29, 0.717) is 25.5 Å². The van der Waals surface area contributed by atoms with Crippen LogP contribution in [0.1, 0.15) is 71.1 Å². The molecule has 8 heteroatoms. The van der Waals surface area contributed by atoms with Crippen LogP contribution in [0.25, 0.3) is 0 Å². The van der Waals surface area contributed by atoms with Gasteiger partial charge in [0.25, 0.3) is 0 Å². The molecule has 2 aromatic carbocycles. The van der Waals surface area contributed by atoms with Crippen molar-refractivity contribution in [1.29, 1.82) is 0 Å². The number of nitrogens with one attached hydrogen (secondary N) is 2. The second kappa shape index (κ2) is 16.8. The molecule has 2 N–H and O–H groups in total. The molecule has 3 amide bonds. The third-order valence-electron chi connectivity index (χ3n) is 8.12. The maximum atomic E-state index is 13.9. The van der Waals surface area contributed by atoms with Crippen molar-refractivity contribution in [2.24, 2.45) is 5.92 Å². The molecular weight excluding hydrogens is 562 g/mol. The summed E-state index contributed by atoms with van der Waals surface area (Å²) in [5, 5.41) is 6.32. The summed E-state index contributed by atoms with van der Waals surface area (Å²) >= 11 is 0. The highest BCUT2D eigenvalue weighted by Crippen LogP contribution is 2.23. The fourth-order valence-corrected chi connectivity index (χ4v) is 5.60. The third kappa shape index (κ3) is 11.4. The quantitative estimate of drug-likeness (QED) is 0.214. The van der Waals surface area contributed by atoms with Crippen molar-refractivity contribution >= 4 is 17.6 Å². The Morgan fingerprint density at radius 3 is 2.27 bits per heavy atom. The fourth-order valence-electron chi connectivity index (χ4n) is 5.60. The predicted octanol–water partition coefficient (Wildman–Crippen LogP) is 6.60. The SMILES string of the molecule is CC(C)CCN(CC(C)(C)NC(=O)C(Cc1ccccn1)NC(=O)N1CCCCCC1)c1ccc(OCc2ccccc2)cc1. The summed E-state index contributed by atoms with van der Waals surface area (Å²) in [6.45, 7) is 11.9. The van der Waals surface area contributed by atoms with Gasteiger partial charge in [0.2, 0.25) is 5.91 Å². The Bertz CT molecular complexity index is 1310. The second-order valence-electron chi connectivity index (χ2n) is 13.2. The van der Waals surface area contributed by atoms with Gasteiger partial charge in [0.15, 0.2) is 0 Å². The lowest BCUT2D eigenvalue weighted by atomic mass is 10.0. The lowest BCUT2D eigenvalue weighted by molar-refractivity contribution is -0.124. The van der Waals surface area contributed by atoms with E-state index in [1.807, 2.05) is 67.3 Å². The van der Waals surface area contributed by atoms with Gasteiger partial charge in [-0.05, 0) is 81.0 Å². The van der Waals surface area contributed by atoms with E-state index < -0.39 is 11.6 Å². The Balaban J connectivity index is 1.44. The van der Waals surface area contributed by atoms with Crippen LogP contribution >= 0.6 is 0 Å². The van der Waals surface area contributed by atoms with Crippen LogP contribution in [0.15, 0.2) is 79.0 Å². The average molecular weight is 614 g/mol. The number of pyridine rings is 1. The Morgan fingerprint density at radius 1 is 0.933 bits per heavy atom. The topological polar surface area (TPSA) is 86.8 Å². The van der Waals surface area contributed by atoms with Gasteiger partial charge < -0.3 is 25.2 Å². The molecule has 45 heavy (non-hydrogen) atoms. The summed E-state index contributed by atoms with van der Waals surface area (Å²) in [4.78, 5) is 35.7. The number of aromatic nitrogens is 1. The minimum Gasteiger partial charge on any atom is -0.489 e. The maximum absolute atomic E-state index is 13.9. The molecule has 2 heterocycles. The summed E-state index contributed by atoms with van der Waals surface area (Å²) in [6.07, 6.45) is 7.30. The number of likely N-dealkylation sites (tertiary alicyclic amines) is 1. The van der Waals surface area contributed by atoms with Crippen molar-refractivity contribution in [3.8, 4) is 5.75 Å². The number of hydrogen-bond acceptors (Lipinski definition) is 5. The number of urea groups is 1. The number of ether oxygens (including phenoxy) is 1. The van der Waals surface area contributed by atoms with E-state index in [0.717, 1.165) is 74.4 Å². The summed E-state index contributed by atoms with van der Waals surface area (Å²) in [5.74, 6) is 1.15. The van der Waals surface area contributed by atoms with Crippen LogP contribution in [0.3, 0.4) is 0 Å². The van der Waals surface area contributed by atoms with E-state index in [-0.39, 0.29) is 11.9 Å². The van der Waals surface area contributed by atoms with E-state index in [2.05, 4.69) is 58.6 Å². The highest BCUT2D eigenvalue weighted by Gasteiger charge is 2.30. The Morgan fingerprint density at radius 2 is 1.62 bits per heavy atom. The van der Waals surface area contributed by atoms with Gasteiger partial charge in [0.1, 0.15) is 18.4 Å². The Labute approximate surface area is 269 Å². The van der Waals surface area contributed by atoms with Crippen molar-refractivity contribution in [2.75, 3.05) is 31.1 Å². The first-order chi connectivity index (χ1) is 21.7. The van der Waals surface area contributed by atoms with Crippen LogP contribution in [0, 0.1) is 5.92 Å². The molecule has 1 aliphatic rings. The fraction of sp³-hybridized carbons (Fsp3) is 0.486. The minimum atomic E-state index is -0.736. The molecule has 1 fully saturated rings. The molecule has 1 saturated heterocycles. The van der Waals surface area contributed by atoms with Crippen LogP contribution in [0.5, 0.6) is 5.75 Å². The minimum absolute atomic E-state index is 0.182. The molecule has 8 nitrogen and oxygen atoms in total. The molecule has 0 saturated carbocycles. The van der Waals surface area contributed by atoms with E-state index in [9.17, 15) is 9.59 Å². The molecule has 0 bridgehead atoms. The lowest BCUT2D eigenvalue weighted by Gasteiger charge is -2.36. The monoisotopic (exact) mass is 613 g/mol. The van der Waals surface area contributed by atoms with Gasteiger partial charge in [-0.15, -0.1) is 0 Å². The molecule has 0 spiro atoms. The number of carbonyl (C=O) groups excluding carboxylic acids is 2. The molecule has 1 atom stereocenters. The Hall–Kier alpha value is -4.07. The summed E-state index contributed by atoms with van der Waals surface area (Å²) in [6, 6.07) is 23.1.